The van der Waals surface area contributed by atoms with Crippen LogP contribution in [0.1, 0.15) is 63.5 Å². The summed E-state index contributed by atoms with van der Waals surface area (Å²) in [5.74, 6) is 0.584. The third-order valence-electron chi connectivity index (χ3n) is 5.55. The van der Waals surface area contributed by atoms with Gasteiger partial charge in [0.15, 0.2) is 5.78 Å². The number of carbonyl (C=O) groups excluding carboxylic acids is 2. The van der Waals surface area contributed by atoms with Gasteiger partial charge in [-0.3, -0.25) is 9.59 Å². The van der Waals surface area contributed by atoms with Crippen molar-refractivity contribution in [2.24, 2.45) is 17.3 Å². The van der Waals surface area contributed by atoms with Crippen molar-refractivity contribution in [3.05, 3.63) is 28.7 Å². The van der Waals surface area contributed by atoms with Crippen LogP contribution in [-0.2, 0) is 14.3 Å². The highest BCUT2D eigenvalue weighted by molar-refractivity contribution is 6.02. The highest BCUT2D eigenvalue weighted by atomic mass is 16.5. The number of esters is 1. The van der Waals surface area contributed by atoms with Crippen molar-refractivity contribution >= 4 is 17.8 Å². The van der Waals surface area contributed by atoms with Crippen molar-refractivity contribution in [3.8, 4) is 0 Å². The van der Waals surface area contributed by atoms with E-state index in [1.165, 1.54) is 0 Å². The van der Waals surface area contributed by atoms with E-state index >= 15 is 0 Å². The number of hydrogen-bond acceptors (Lipinski definition) is 4. The summed E-state index contributed by atoms with van der Waals surface area (Å²) in [5.41, 5.74) is 2.11. The average Bonchev–Trinajstić information content (AvgIpc) is 2.86. The summed E-state index contributed by atoms with van der Waals surface area (Å²) in [6.07, 6.45) is 4.43. The molecule has 0 aromatic carbocycles. The maximum atomic E-state index is 12.5. The predicted octanol–water partition coefficient (Wildman–Crippen LogP) is 4.23. The van der Waals surface area contributed by atoms with Gasteiger partial charge in [-0.15, -0.1) is 0 Å². The Morgan fingerprint density at radius 2 is 2.13 bits per heavy atom. The number of fused-ring (bicyclic) bond motifs is 2. The van der Waals surface area contributed by atoms with Crippen molar-refractivity contribution in [2.75, 3.05) is 0 Å². The lowest BCUT2D eigenvalue weighted by molar-refractivity contribution is -0.163. The predicted molar refractivity (Wildman–Crippen MR) is 86.6 cm³/mol. The van der Waals surface area contributed by atoms with Crippen LogP contribution in [0.25, 0.3) is 6.08 Å². The van der Waals surface area contributed by atoms with Crippen LogP contribution >= 0.6 is 0 Å². The lowest BCUT2D eigenvalue weighted by atomic mass is 9.58. The van der Waals surface area contributed by atoms with Gasteiger partial charge >= 0.3 is 5.97 Å². The van der Waals surface area contributed by atoms with Crippen LogP contribution < -0.4 is 0 Å². The highest BCUT2D eigenvalue weighted by Gasteiger charge is 2.53. The number of ketones is 1. The second-order valence-electron chi connectivity index (χ2n) is 7.37. The summed E-state index contributed by atoms with van der Waals surface area (Å²) < 4.78 is 11.5. The third-order valence-corrected chi connectivity index (χ3v) is 5.55. The molecule has 2 aliphatic carbocycles. The fourth-order valence-electron chi connectivity index (χ4n) is 3.77. The Morgan fingerprint density at radius 1 is 1.43 bits per heavy atom. The molecule has 0 spiro atoms. The first-order valence-corrected chi connectivity index (χ1v) is 8.30. The molecule has 1 fully saturated rings. The Bertz CT molecular complexity index is 694. The monoisotopic (exact) mass is 316 g/mol. The summed E-state index contributed by atoms with van der Waals surface area (Å²) in [6, 6.07) is 0. The van der Waals surface area contributed by atoms with Gasteiger partial charge in [-0.1, -0.05) is 27.7 Å². The van der Waals surface area contributed by atoms with E-state index < -0.39 is 11.5 Å². The van der Waals surface area contributed by atoms with Gasteiger partial charge in [-0.05, 0) is 30.9 Å². The number of carbonyl (C=O) groups is 2. The molecule has 4 nitrogen and oxygen atoms in total. The van der Waals surface area contributed by atoms with Gasteiger partial charge in [0.05, 0.1) is 12.2 Å². The van der Waals surface area contributed by atoms with Crippen LogP contribution in [0.3, 0.4) is 0 Å². The first-order valence-electron chi connectivity index (χ1n) is 8.30. The van der Waals surface area contributed by atoms with Crippen LogP contribution in [0.15, 0.2) is 16.3 Å². The zero-order valence-electron chi connectivity index (χ0n) is 14.4. The van der Waals surface area contributed by atoms with Gasteiger partial charge in [-0.2, -0.15) is 0 Å². The zero-order valence-corrected chi connectivity index (χ0v) is 14.4. The Balaban J connectivity index is 2.17. The van der Waals surface area contributed by atoms with E-state index in [1.54, 1.807) is 6.26 Å². The topological polar surface area (TPSA) is 56.5 Å². The fraction of sp³-hybridized carbons (Fsp3) is 0.579. The van der Waals surface area contributed by atoms with E-state index in [2.05, 4.69) is 6.92 Å². The van der Waals surface area contributed by atoms with Gasteiger partial charge in [0.25, 0.3) is 0 Å². The minimum absolute atomic E-state index is 0.135. The molecule has 0 saturated heterocycles. The largest absolute Gasteiger partial charge is 0.464 e. The summed E-state index contributed by atoms with van der Waals surface area (Å²) in [4.78, 5) is 24.8. The van der Waals surface area contributed by atoms with E-state index in [-0.39, 0.29) is 23.6 Å². The van der Waals surface area contributed by atoms with E-state index in [4.69, 9.17) is 9.15 Å². The molecule has 1 aromatic heterocycles. The molecule has 0 radical (unpaired) electrons. The van der Waals surface area contributed by atoms with Gasteiger partial charge in [0, 0.05) is 23.0 Å². The Hall–Kier alpha value is -1.84. The first-order chi connectivity index (χ1) is 10.8. The van der Waals surface area contributed by atoms with Crippen LogP contribution in [0.5, 0.6) is 0 Å². The van der Waals surface area contributed by atoms with Gasteiger partial charge < -0.3 is 9.15 Å². The highest BCUT2D eigenvalue weighted by Crippen LogP contribution is 2.57. The first kappa shape index (κ1) is 16.0. The van der Waals surface area contributed by atoms with Gasteiger partial charge in [0.1, 0.15) is 11.9 Å². The van der Waals surface area contributed by atoms with Crippen molar-refractivity contribution in [1.29, 1.82) is 0 Å². The second kappa shape index (κ2) is 5.36. The third kappa shape index (κ3) is 2.27. The Labute approximate surface area is 136 Å². The summed E-state index contributed by atoms with van der Waals surface area (Å²) in [7, 11) is 0. The molecule has 3 atom stereocenters. The molecule has 0 N–H and O–H groups in total. The second-order valence-corrected chi connectivity index (χ2v) is 7.37. The molecule has 124 valence electrons. The maximum Gasteiger partial charge on any atom is 0.309 e. The Kier molecular flexibility index (Phi) is 3.74. The molecule has 1 aromatic rings. The number of aryl methyl sites for hydroxylation is 1. The molecule has 3 rings (SSSR count). The number of hydrogen-bond donors (Lipinski definition) is 0. The van der Waals surface area contributed by atoms with E-state index in [0.717, 1.165) is 23.1 Å². The number of furan rings is 1. The van der Waals surface area contributed by atoms with Gasteiger partial charge in [-0.25, -0.2) is 0 Å². The summed E-state index contributed by atoms with van der Waals surface area (Å²) in [6.45, 7) is 9.78. The molecule has 0 aliphatic heterocycles. The molecular formula is C19H24O4. The smallest absolute Gasteiger partial charge is 0.309 e. The van der Waals surface area contributed by atoms with Crippen LogP contribution in [0.4, 0.5) is 0 Å². The molecule has 0 bridgehead atoms. The van der Waals surface area contributed by atoms with Crippen molar-refractivity contribution < 1.29 is 18.7 Å². The summed E-state index contributed by atoms with van der Waals surface area (Å²) in [5, 5.41) is 0. The van der Waals surface area contributed by atoms with Crippen molar-refractivity contribution in [1.82, 2.24) is 0 Å². The minimum Gasteiger partial charge on any atom is -0.464 e. The summed E-state index contributed by atoms with van der Waals surface area (Å²) >= 11 is 0. The van der Waals surface area contributed by atoms with Crippen LogP contribution in [-0.4, -0.2) is 11.8 Å². The molecular weight excluding hydrogens is 292 g/mol. The quantitative estimate of drug-likeness (QED) is 0.766. The fourth-order valence-corrected chi connectivity index (χ4v) is 3.77. The van der Waals surface area contributed by atoms with E-state index in [1.807, 2.05) is 33.8 Å². The molecule has 1 saturated carbocycles. The molecule has 0 amide bonds. The van der Waals surface area contributed by atoms with E-state index in [0.29, 0.717) is 12.2 Å². The molecule has 0 unspecified atom stereocenters. The number of Topliss-reactive ketones (excluding diaryl/α,β-unsaturated/α-hetero) is 1. The zero-order chi connectivity index (χ0) is 16.9. The molecule has 1 heterocycles. The lowest BCUT2D eigenvalue weighted by Crippen LogP contribution is -2.44. The van der Waals surface area contributed by atoms with Gasteiger partial charge in [0.2, 0.25) is 0 Å². The van der Waals surface area contributed by atoms with Crippen molar-refractivity contribution in [3.63, 3.8) is 0 Å². The normalized spacial score (nSPS) is 29.8. The SMILES string of the molecule is Cc1coc2c1[C@@H](OC(=O)C(C)C)[C@@]1(C)C(=C2)C(=O)CC[C@@H]1C. The number of ether oxygens (including phenoxy) is 1. The van der Waals surface area contributed by atoms with Crippen molar-refractivity contribution in [2.45, 2.75) is 53.6 Å². The molecule has 23 heavy (non-hydrogen) atoms. The molecule has 2 aliphatic rings. The Morgan fingerprint density at radius 3 is 2.78 bits per heavy atom. The molecule has 4 heteroatoms. The van der Waals surface area contributed by atoms with Crippen LogP contribution in [0.2, 0.25) is 0 Å². The average molecular weight is 316 g/mol. The van der Waals surface area contributed by atoms with Crippen LogP contribution in [0, 0.1) is 24.2 Å². The minimum atomic E-state index is -0.498. The van der Waals surface area contributed by atoms with E-state index in [9.17, 15) is 9.59 Å². The standard InChI is InChI=1S/C19H24O4/c1-10(2)18(21)23-17-16-11(3)9-22-15(16)8-13-14(20)7-6-12(4)19(13,17)5/h8-10,12,17H,6-7H2,1-5H3/t12-,17+,19+/m0/s1. The lowest BCUT2D eigenvalue weighted by Gasteiger charge is -2.47. The number of rotatable bonds is 2. The maximum absolute atomic E-state index is 12.5.